The van der Waals surface area contributed by atoms with Gasteiger partial charge in [0.05, 0.1) is 5.60 Å². The number of hydrogen-bond donors (Lipinski definition) is 0. The molecule has 3 nitrogen and oxygen atoms in total. The molecule has 1 atom stereocenters. The number of nitrogens with zero attached hydrogens (tertiary/aromatic N) is 1. The van der Waals surface area contributed by atoms with E-state index < -0.39 is 0 Å². The summed E-state index contributed by atoms with van der Waals surface area (Å²) in [5.41, 5.74) is 1.56. The number of hydrogen-bond acceptors (Lipinski definition) is 3. The number of likely N-dealkylation sites (tertiary alicyclic amines) is 1. The van der Waals surface area contributed by atoms with E-state index in [9.17, 15) is 0 Å². The van der Waals surface area contributed by atoms with Gasteiger partial charge in [-0.15, -0.1) is 0 Å². The number of benzene rings is 1. The fourth-order valence-corrected chi connectivity index (χ4v) is 3.94. The van der Waals surface area contributed by atoms with Crippen molar-refractivity contribution < 1.29 is 9.47 Å². The Bertz CT molecular complexity index is 426. The highest BCUT2D eigenvalue weighted by Crippen LogP contribution is 2.42. The number of rotatable bonds is 5. The molecule has 3 heteroatoms. The molecule has 0 saturated carbocycles. The van der Waals surface area contributed by atoms with Gasteiger partial charge in [0.25, 0.3) is 0 Å². The van der Waals surface area contributed by atoms with Gasteiger partial charge in [-0.1, -0.05) is 30.3 Å². The minimum atomic E-state index is 0.145. The maximum absolute atomic E-state index is 6.21. The quantitative estimate of drug-likeness (QED) is 0.831. The van der Waals surface area contributed by atoms with Crippen molar-refractivity contribution >= 4 is 0 Å². The van der Waals surface area contributed by atoms with Gasteiger partial charge in [-0.25, -0.2) is 0 Å². The molecule has 2 fully saturated rings. The standard InChI is InChI=1S/C18H27NO2/c1-20-13-7-17-8-14-21-18(17)9-11-19(12-10-18)15-16-5-3-2-4-6-16/h2-6,17H,7-15H2,1H3/t17-/m0/s1. The molecule has 0 radical (unpaired) electrons. The smallest absolute Gasteiger partial charge is 0.0736 e. The van der Waals surface area contributed by atoms with Crippen LogP contribution in [0.15, 0.2) is 30.3 Å². The topological polar surface area (TPSA) is 21.7 Å². The third-order valence-corrected chi connectivity index (χ3v) is 5.22. The number of ether oxygens (including phenoxy) is 2. The van der Waals surface area contributed by atoms with Crippen LogP contribution < -0.4 is 0 Å². The zero-order valence-electron chi connectivity index (χ0n) is 13.1. The highest BCUT2D eigenvalue weighted by atomic mass is 16.5. The first-order valence-electron chi connectivity index (χ1n) is 8.21. The summed E-state index contributed by atoms with van der Waals surface area (Å²) in [5.74, 6) is 0.691. The van der Waals surface area contributed by atoms with Gasteiger partial charge >= 0.3 is 0 Å². The minimum Gasteiger partial charge on any atom is -0.385 e. The van der Waals surface area contributed by atoms with E-state index in [0.717, 1.165) is 39.3 Å². The van der Waals surface area contributed by atoms with E-state index in [1.54, 1.807) is 7.11 Å². The fourth-order valence-electron chi connectivity index (χ4n) is 3.94. The first kappa shape index (κ1) is 15.0. The van der Waals surface area contributed by atoms with Crippen molar-refractivity contribution in [3.63, 3.8) is 0 Å². The van der Waals surface area contributed by atoms with Gasteiger partial charge in [-0.2, -0.15) is 0 Å². The average Bonchev–Trinajstić information content (AvgIpc) is 2.91. The van der Waals surface area contributed by atoms with Gasteiger partial charge in [0.15, 0.2) is 0 Å². The molecule has 0 amide bonds. The Morgan fingerprint density at radius 1 is 1.24 bits per heavy atom. The van der Waals surface area contributed by atoms with Gasteiger partial charge in [-0.05, 0) is 37.2 Å². The molecule has 1 aromatic rings. The summed E-state index contributed by atoms with van der Waals surface area (Å²) in [7, 11) is 1.80. The van der Waals surface area contributed by atoms with Crippen LogP contribution in [-0.2, 0) is 16.0 Å². The molecule has 3 rings (SSSR count). The SMILES string of the molecule is COCC[C@H]1CCOC12CCN(Cc1ccccc1)CC2. The molecule has 2 saturated heterocycles. The Morgan fingerprint density at radius 2 is 2.00 bits per heavy atom. The van der Waals surface area contributed by atoms with Crippen molar-refractivity contribution in [2.45, 2.75) is 37.8 Å². The molecule has 0 aliphatic carbocycles. The molecular weight excluding hydrogens is 262 g/mol. The van der Waals surface area contributed by atoms with Crippen LogP contribution in [0.4, 0.5) is 0 Å². The molecule has 0 N–H and O–H groups in total. The lowest BCUT2D eigenvalue weighted by Gasteiger charge is -2.42. The van der Waals surface area contributed by atoms with Gasteiger partial charge in [-0.3, -0.25) is 4.90 Å². The predicted molar refractivity (Wildman–Crippen MR) is 84.2 cm³/mol. The molecule has 1 spiro atoms. The van der Waals surface area contributed by atoms with Crippen LogP contribution in [-0.4, -0.2) is 43.9 Å². The summed E-state index contributed by atoms with van der Waals surface area (Å²) < 4.78 is 11.5. The van der Waals surface area contributed by atoms with E-state index in [4.69, 9.17) is 9.47 Å². The van der Waals surface area contributed by atoms with Gasteiger partial charge in [0, 0.05) is 40.0 Å². The van der Waals surface area contributed by atoms with E-state index in [1.165, 1.54) is 24.8 Å². The summed E-state index contributed by atoms with van der Waals surface area (Å²) in [4.78, 5) is 2.57. The van der Waals surface area contributed by atoms with Crippen molar-refractivity contribution in [3.05, 3.63) is 35.9 Å². The molecule has 0 aromatic heterocycles. The zero-order valence-corrected chi connectivity index (χ0v) is 13.1. The lowest BCUT2D eigenvalue weighted by Crippen LogP contribution is -2.47. The monoisotopic (exact) mass is 289 g/mol. The second kappa shape index (κ2) is 6.91. The Morgan fingerprint density at radius 3 is 2.71 bits per heavy atom. The summed E-state index contributed by atoms with van der Waals surface area (Å²) in [6.45, 7) is 5.17. The van der Waals surface area contributed by atoms with Crippen LogP contribution in [0.2, 0.25) is 0 Å². The summed E-state index contributed by atoms with van der Waals surface area (Å²) in [6, 6.07) is 10.8. The maximum atomic E-state index is 6.21. The van der Waals surface area contributed by atoms with Gasteiger partial charge < -0.3 is 9.47 Å². The fraction of sp³-hybridized carbons (Fsp3) is 0.667. The number of piperidine rings is 1. The highest BCUT2D eigenvalue weighted by molar-refractivity contribution is 5.14. The molecule has 21 heavy (non-hydrogen) atoms. The summed E-state index contributed by atoms with van der Waals surface area (Å²) in [6.07, 6.45) is 4.71. The molecule has 0 bridgehead atoms. The Hall–Kier alpha value is -0.900. The van der Waals surface area contributed by atoms with E-state index in [1.807, 2.05) is 0 Å². The van der Waals surface area contributed by atoms with Crippen molar-refractivity contribution in [1.29, 1.82) is 0 Å². The van der Waals surface area contributed by atoms with Crippen LogP contribution in [0.25, 0.3) is 0 Å². The van der Waals surface area contributed by atoms with Crippen molar-refractivity contribution in [2.24, 2.45) is 5.92 Å². The lowest BCUT2D eigenvalue weighted by molar-refractivity contribution is -0.0721. The Balaban J connectivity index is 1.54. The molecule has 0 unspecified atom stereocenters. The molecule has 2 aliphatic heterocycles. The largest absolute Gasteiger partial charge is 0.385 e. The Labute approximate surface area is 128 Å². The second-order valence-corrected chi connectivity index (χ2v) is 6.44. The van der Waals surface area contributed by atoms with Crippen LogP contribution in [0.1, 0.15) is 31.2 Å². The van der Waals surface area contributed by atoms with E-state index in [2.05, 4.69) is 35.2 Å². The number of methoxy groups -OCH3 is 1. The van der Waals surface area contributed by atoms with Gasteiger partial charge in [0.2, 0.25) is 0 Å². The minimum absolute atomic E-state index is 0.145. The zero-order chi connectivity index (χ0) is 14.5. The molecule has 116 valence electrons. The molecule has 1 aromatic carbocycles. The van der Waals surface area contributed by atoms with E-state index in [0.29, 0.717) is 5.92 Å². The van der Waals surface area contributed by atoms with Crippen LogP contribution in [0.3, 0.4) is 0 Å². The first-order chi connectivity index (χ1) is 10.3. The molecular formula is C18H27NO2. The summed E-state index contributed by atoms with van der Waals surface area (Å²) in [5, 5.41) is 0. The van der Waals surface area contributed by atoms with Crippen molar-refractivity contribution in [3.8, 4) is 0 Å². The van der Waals surface area contributed by atoms with Crippen LogP contribution >= 0.6 is 0 Å². The Kier molecular flexibility index (Phi) is 4.94. The van der Waals surface area contributed by atoms with E-state index >= 15 is 0 Å². The first-order valence-corrected chi connectivity index (χ1v) is 8.21. The van der Waals surface area contributed by atoms with Crippen molar-refractivity contribution in [1.82, 2.24) is 4.90 Å². The maximum Gasteiger partial charge on any atom is 0.0736 e. The van der Waals surface area contributed by atoms with Gasteiger partial charge in [0.1, 0.15) is 0 Å². The van der Waals surface area contributed by atoms with E-state index in [-0.39, 0.29) is 5.60 Å². The highest BCUT2D eigenvalue weighted by Gasteiger charge is 2.45. The van der Waals surface area contributed by atoms with Crippen molar-refractivity contribution in [2.75, 3.05) is 33.4 Å². The normalized spacial score (nSPS) is 25.5. The second-order valence-electron chi connectivity index (χ2n) is 6.44. The average molecular weight is 289 g/mol. The molecule has 2 heterocycles. The van der Waals surface area contributed by atoms with Crippen LogP contribution in [0, 0.1) is 5.92 Å². The predicted octanol–water partition coefficient (Wildman–Crippen LogP) is 3.09. The third kappa shape index (κ3) is 3.47. The molecule has 2 aliphatic rings. The van der Waals surface area contributed by atoms with Crippen LogP contribution in [0.5, 0.6) is 0 Å². The summed E-state index contributed by atoms with van der Waals surface area (Å²) >= 11 is 0. The lowest BCUT2D eigenvalue weighted by atomic mass is 9.78. The third-order valence-electron chi connectivity index (χ3n) is 5.22.